The monoisotopic (exact) mass is 539 g/mol. The summed E-state index contributed by atoms with van der Waals surface area (Å²) in [6.07, 6.45) is 7.82. The molecule has 0 atom stereocenters. The molecule has 3 aromatic carbocycles. The van der Waals surface area contributed by atoms with Crippen LogP contribution in [-0.2, 0) is 11.2 Å². The summed E-state index contributed by atoms with van der Waals surface area (Å²) in [4.78, 5) is 24.4. The van der Waals surface area contributed by atoms with Crippen molar-refractivity contribution in [2.45, 2.75) is 51.9 Å². The smallest absolute Gasteiger partial charge is 0.308 e. The molecule has 0 aromatic heterocycles. The number of ether oxygens (including phenoxy) is 1. The van der Waals surface area contributed by atoms with Crippen molar-refractivity contribution in [3.63, 3.8) is 0 Å². The maximum Gasteiger partial charge on any atom is 0.308 e. The highest BCUT2D eigenvalue weighted by atomic mass is 79.9. The van der Waals surface area contributed by atoms with E-state index in [0.717, 1.165) is 25.7 Å². The average molecular weight is 540 g/mol. The van der Waals surface area contributed by atoms with Gasteiger partial charge in [-0.25, -0.2) is 4.39 Å². The lowest BCUT2D eigenvalue weighted by atomic mass is 10.0. The molecule has 0 aliphatic rings. The van der Waals surface area contributed by atoms with E-state index in [0.29, 0.717) is 22.1 Å². The van der Waals surface area contributed by atoms with Crippen molar-refractivity contribution in [1.82, 2.24) is 5.32 Å². The molecule has 0 aliphatic heterocycles. The van der Waals surface area contributed by atoms with E-state index in [1.807, 2.05) is 6.07 Å². The van der Waals surface area contributed by atoms with Gasteiger partial charge in [-0.15, -0.1) is 0 Å². The summed E-state index contributed by atoms with van der Waals surface area (Å²) < 4.78 is 20.2. The Kier molecular flexibility index (Phi) is 10.5. The Bertz CT molecular complexity index is 1130. The predicted octanol–water partition coefficient (Wildman–Crippen LogP) is 7.49. The van der Waals surface area contributed by atoms with Gasteiger partial charge in [0, 0.05) is 30.2 Å². The maximum absolute atomic E-state index is 14.5. The van der Waals surface area contributed by atoms with Gasteiger partial charge in [0.25, 0.3) is 5.91 Å². The second-order valence-electron chi connectivity index (χ2n) is 8.52. The standard InChI is InChI=1S/C29H31BrFNO3/c1-21(33)35-28-25(24-16-10-11-17-27(24)31)19-23(20-26(28)30)29(34)32-18-12-5-3-2-4-7-13-22-14-8-6-9-15-22/h6,8-11,14-17,19-20H,2-5,7,12-13,18H2,1H3,(H,32,34). The van der Waals surface area contributed by atoms with Gasteiger partial charge in [0.1, 0.15) is 5.82 Å². The molecule has 3 rings (SSSR count). The highest BCUT2D eigenvalue weighted by molar-refractivity contribution is 9.10. The first kappa shape index (κ1) is 26.6. The van der Waals surface area contributed by atoms with Crippen LogP contribution in [0.1, 0.15) is 61.4 Å². The molecular weight excluding hydrogens is 509 g/mol. The number of halogens is 2. The molecule has 3 aromatic rings. The van der Waals surface area contributed by atoms with Crippen LogP contribution in [0.15, 0.2) is 71.2 Å². The first-order valence-electron chi connectivity index (χ1n) is 12.0. The quantitative estimate of drug-likeness (QED) is 0.147. The molecule has 1 N–H and O–H groups in total. The highest BCUT2D eigenvalue weighted by Crippen LogP contribution is 2.39. The van der Waals surface area contributed by atoms with Crippen LogP contribution in [0.25, 0.3) is 11.1 Å². The van der Waals surface area contributed by atoms with Crippen molar-refractivity contribution in [1.29, 1.82) is 0 Å². The van der Waals surface area contributed by atoms with Crippen LogP contribution in [0.4, 0.5) is 4.39 Å². The van der Waals surface area contributed by atoms with Crippen LogP contribution in [0, 0.1) is 5.82 Å². The maximum atomic E-state index is 14.5. The molecule has 184 valence electrons. The Morgan fingerprint density at radius 2 is 1.51 bits per heavy atom. The molecule has 0 fully saturated rings. The zero-order valence-corrected chi connectivity index (χ0v) is 21.6. The number of amides is 1. The number of rotatable bonds is 12. The van der Waals surface area contributed by atoms with Crippen molar-refractivity contribution in [2.24, 2.45) is 0 Å². The molecule has 1 amide bonds. The number of aryl methyl sites for hydroxylation is 1. The molecule has 0 radical (unpaired) electrons. The van der Waals surface area contributed by atoms with Gasteiger partial charge in [0.05, 0.1) is 4.47 Å². The molecule has 6 heteroatoms. The number of carbonyl (C=O) groups is 2. The Hall–Kier alpha value is -2.99. The first-order chi connectivity index (χ1) is 17.0. The van der Waals surface area contributed by atoms with Gasteiger partial charge >= 0.3 is 5.97 Å². The summed E-state index contributed by atoms with van der Waals surface area (Å²) >= 11 is 3.37. The molecular formula is C29H31BrFNO3. The lowest BCUT2D eigenvalue weighted by molar-refractivity contribution is -0.131. The number of carbonyl (C=O) groups excluding carboxylic acids is 2. The third kappa shape index (κ3) is 8.32. The topological polar surface area (TPSA) is 55.4 Å². The Morgan fingerprint density at radius 1 is 0.857 bits per heavy atom. The zero-order chi connectivity index (χ0) is 25.0. The van der Waals surface area contributed by atoms with Gasteiger partial charge < -0.3 is 10.1 Å². The van der Waals surface area contributed by atoms with Gasteiger partial charge in [0.15, 0.2) is 5.75 Å². The second-order valence-corrected chi connectivity index (χ2v) is 9.38. The van der Waals surface area contributed by atoms with Gasteiger partial charge in [-0.05, 0) is 59.0 Å². The zero-order valence-electron chi connectivity index (χ0n) is 20.0. The first-order valence-corrected chi connectivity index (χ1v) is 12.8. The summed E-state index contributed by atoms with van der Waals surface area (Å²) in [5, 5.41) is 2.94. The third-order valence-electron chi connectivity index (χ3n) is 5.74. The summed E-state index contributed by atoms with van der Waals surface area (Å²) in [7, 11) is 0. The molecule has 0 heterocycles. The second kappa shape index (κ2) is 13.8. The summed E-state index contributed by atoms with van der Waals surface area (Å²) in [6, 6.07) is 19.9. The lowest BCUT2D eigenvalue weighted by Gasteiger charge is -2.14. The van der Waals surface area contributed by atoms with E-state index in [9.17, 15) is 14.0 Å². The Balaban J connectivity index is 1.49. The van der Waals surface area contributed by atoms with Crippen LogP contribution >= 0.6 is 15.9 Å². The highest BCUT2D eigenvalue weighted by Gasteiger charge is 2.19. The van der Waals surface area contributed by atoms with Crippen molar-refractivity contribution in [2.75, 3.05) is 6.54 Å². The number of nitrogens with one attached hydrogen (secondary N) is 1. The number of esters is 1. The molecule has 0 spiro atoms. The van der Waals surface area contributed by atoms with E-state index in [4.69, 9.17) is 4.74 Å². The molecule has 0 aliphatic carbocycles. The fourth-order valence-electron chi connectivity index (χ4n) is 3.96. The molecule has 35 heavy (non-hydrogen) atoms. The van der Waals surface area contributed by atoms with Gasteiger partial charge in [-0.1, -0.05) is 74.2 Å². The van der Waals surface area contributed by atoms with Crippen LogP contribution in [-0.4, -0.2) is 18.4 Å². The largest absolute Gasteiger partial charge is 0.425 e. The third-order valence-corrected chi connectivity index (χ3v) is 6.33. The summed E-state index contributed by atoms with van der Waals surface area (Å²) in [5.41, 5.74) is 2.35. The predicted molar refractivity (Wildman–Crippen MR) is 141 cm³/mol. The number of unbranched alkanes of at least 4 members (excludes halogenated alkanes) is 5. The van der Waals surface area contributed by atoms with Crippen molar-refractivity contribution < 1.29 is 18.7 Å². The van der Waals surface area contributed by atoms with E-state index >= 15 is 0 Å². The molecule has 0 unspecified atom stereocenters. The van der Waals surface area contributed by atoms with Crippen LogP contribution < -0.4 is 10.1 Å². The average Bonchev–Trinajstić information content (AvgIpc) is 2.85. The van der Waals surface area contributed by atoms with E-state index < -0.39 is 11.8 Å². The number of hydrogen-bond acceptors (Lipinski definition) is 3. The van der Waals surface area contributed by atoms with E-state index in [1.165, 1.54) is 37.8 Å². The molecule has 0 bridgehead atoms. The SMILES string of the molecule is CC(=O)Oc1c(Br)cc(C(=O)NCCCCCCCCc2ccccc2)cc1-c1ccccc1F. The normalized spacial score (nSPS) is 10.7. The molecule has 0 saturated heterocycles. The van der Waals surface area contributed by atoms with Crippen LogP contribution in [0.2, 0.25) is 0 Å². The number of benzene rings is 3. The van der Waals surface area contributed by atoms with Gasteiger partial charge in [0.2, 0.25) is 0 Å². The van der Waals surface area contributed by atoms with Crippen molar-refractivity contribution >= 4 is 27.8 Å². The van der Waals surface area contributed by atoms with Crippen molar-refractivity contribution in [3.05, 3.63) is 88.1 Å². The Morgan fingerprint density at radius 3 is 2.23 bits per heavy atom. The van der Waals surface area contributed by atoms with E-state index in [-0.39, 0.29) is 17.2 Å². The van der Waals surface area contributed by atoms with E-state index in [2.05, 4.69) is 45.5 Å². The number of hydrogen-bond donors (Lipinski definition) is 1. The van der Waals surface area contributed by atoms with Crippen LogP contribution in [0.3, 0.4) is 0 Å². The fraction of sp³-hybridized carbons (Fsp3) is 0.310. The lowest BCUT2D eigenvalue weighted by Crippen LogP contribution is -2.24. The van der Waals surface area contributed by atoms with Crippen LogP contribution in [0.5, 0.6) is 5.75 Å². The van der Waals surface area contributed by atoms with Crippen molar-refractivity contribution in [3.8, 4) is 16.9 Å². The molecule has 0 saturated carbocycles. The van der Waals surface area contributed by atoms with Gasteiger partial charge in [-0.2, -0.15) is 0 Å². The fourth-order valence-corrected chi connectivity index (χ4v) is 4.50. The Labute approximate surface area is 215 Å². The molecule has 4 nitrogen and oxygen atoms in total. The summed E-state index contributed by atoms with van der Waals surface area (Å²) in [5.74, 6) is -1.05. The van der Waals surface area contributed by atoms with Gasteiger partial charge in [-0.3, -0.25) is 9.59 Å². The minimum Gasteiger partial charge on any atom is -0.425 e. The minimum absolute atomic E-state index is 0.186. The van der Waals surface area contributed by atoms with E-state index in [1.54, 1.807) is 30.3 Å². The minimum atomic E-state index is -0.527. The summed E-state index contributed by atoms with van der Waals surface area (Å²) in [6.45, 7) is 1.85.